The SMILES string of the molecule is CC(C)Oc1ccc([N+](=O)[O-])cc1CN1CCC(CC(N)=O)CC1. The predicted molar refractivity (Wildman–Crippen MR) is 90.7 cm³/mol. The van der Waals surface area contributed by atoms with E-state index in [2.05, 4.69) is 4.90 Å². The van der Waals surface area contributed by atoms with E-state index >= 15 is 0 Å². The second-order valence-corrected chi connectivity index (χ2v) is 6.61. The van der Waals surface area contributed by atoms with Gasteiger partial charge in [0, 0.05) is 30.7 Å². The summed E-state index contributed by atoms with van der Waals surface area (Å²) in [6, 6.07) is 4.74. The number of carbonyl (C=O) groups is 1. The summed E-state index contributed by atoms with van der Waals surface area (Å²) in [7, 11) is 0. The quantitative estimate of drug-likeness (QED) is 0.609. The highest BCUT2D eigenvalue weighted by molar-refractivity contribution is 5.73. The third-order valence-electron chi connectivity index (χ3n) is 4.21. The number of hydrogen-bond donors (Lipinski definition) is 1. The summed E-state index contributed by atoms with van der Waals surface area (Å²) in [5.74, 6) is 0.782. The molecule has 1 aliphatic heterocycles. The number of piperidine rings is 1. The molecule has 1 fully saturated rings. The number of likely N-dealkylation sites (tertiary alicyclic amines) is 1. The summed E-state index contributed by atoms with van der Waals surface area (Å²) < 4.78 is 5.78. The number of nitro groups is 1. The maximum atomic E-state index is 11.0. The van der Waals surface area contributed by atoms with Crippen LogP contribution in [0.4, 0.5) is 5.69 Å². The molecular formula is C17H25N3O4. The Hall–Kier alpha value is -2.15. The lowest BCUT2D eigenvalue weighted by Gasteiger charge is -2.31. The zero-order valence-electron chi connectivity index (χ0n) is 14.2. The van der Waals surface area contributed by atoms with Gasteiger partial charge in [0.1, 0.15) is 5.75 Å². The largest absolute Gasteiger partial charge is 0.491 e. The van der Waals surface area contributed by atoms with Gasteiger partial charge in [-0.25, -0.2) is 0 Å². The number of carbonyl (C=O) groups excluding carboxylic acids is 1. The molecule has 0 aliphatic carbocycles. The molecule has 7 heteroatoms. The Balaban J connectivity index is 2.06. The van der Waals surface area contributed by atoms with Crippen LogP contribution in [0.2, 0.25) is 0 Å². The summed E-state index contributed by atoms with van der Waals surface area (Å²) >= 11 is 0. The van der Waals surface area contributed by atoms with E-state index in [1.54, 1.807) is 12.1 Å². The normalized spacial score (nSPS) is 16.3. The van der Waals surface area contributed by atoms with Gasteiger partial charge in [-0.1, -0.05) is 0 Å². The van der Waals surface area contributed by atoms with E-state index in [4.69, 9.17) is 10.5 Å². The van der Waals surface area contributed by atoms with Crippen LogP contribution < -0.4 is 10.5 Å². The van der Waals surface area contributed by atoms with Gasteiger partial charge in [-0.05, 0) is 51.8 Å². The zero-order chi connectivity index (χ0) is 17.7. The van der Waals surface area contributed by atoms with Crippen LogP contribution in [-0.4, -0.2) is 34.9 Å². The van der Waals surface area contributed by atoms with Crippen LogP contribution in [0.15, 0.2) is 18.2 Å². The number of hydrogen-bond acceptors (Lipinski definition) is 5. The average Bonchev–Trinajstić information content (AvgIpc) is 2.49. The van der Waals surface area contributed by atoms with Crippen molar-refractivity contribution in [2.75, 3.05) is 13.1 Å². The lowest BCUT2D eigenvalue weighted by molar-refractivity contribution is -0.385. The number of nitrogens with two attached hydrogens (primary N) is 1. The van der Waals surface area contributed by atoms with Gasteiger partial charge in [-0.3, -0.25) is 19.8 Å². The minimum atomic E-state index is -0.387. The second-order valence-electron chi connectivity index (χ2n) is 6.61. The monoisotopic (exact) mass is 335 g/mol. The first kappa shape index (κ1) is 18.2. The van der Waals surface area contributed by atoms with Crippen molar-refractivity contribution in [3.8, 4) is 5.75 Å². The summed E-state index contributed by atoms with van der Waals surface area (Å²) in [4.78, 5) is 23.9. The highest BCUT2D eigenvalue weighted by atomic mass is 16.6. The number of nitrogens with zero attached hydrogens (tertiary/aromatic N) is 2. The van der Waals surface area contributed by atoms with E-state index in [1.165, 1.54) is 6.07 Å². The molecule has 0 radical (unpaired) electrons. The lowest BCUT2D eigenvalue weighted by Crippen LogP contribution is -2.34. The number of non-ortho nitro benzene ring substituents is 1. The van der Waals surface area contributed by atoms with Crippen LogP contribution in [-0.2, 0) is 11.3 Å². The van der Waals surface area contributed by atoms with Gasteiger partial charge in [0.2, 0.25) is 5.91 Å². The molecular weight excluding hydrogens is 310 g/mol. The standard InChI is InChI=1S/C17H25N3O4/c1-12(2)24-16-4-3-15(20(22)23)10-14(16)11-19-7-5-13(6-8-19)9-17(18)21/h3-4,10,12-13H,5-9,11H2,1-2H3,(H2,18,21). The molecule has 132 valence electrons. The van der Waals surface area contributed by atoms with Gasteiger partial charge in [-0.2, -0.15) is 0 Å². The van der Waals surface area contributed by atoms with E-state index in [-0.39, 0.29) is 22.6 Å². The van der Waals surface area contributed by atoms with Gasteiger partial charge in [0.25, 0.3) is 5.69 Å². The molecule has 1 heterocycles. The number of primary amides is 1. The molecule has 7 nitrogen and oxygen atoms in total. The summed E-state index contributed by atoms with van der Waals surface area (Å²) in [6.07, 6.45) is 2.27. The third kappa shape index (κ3) is 5.19. The Morgan fingerprint density at radius 1 is 1.42 bits per heavy atom. The van der Waals surface area contributed by atoms with Crippen LogP contribution in [0.5, 0.6) is 5.75 Å². The molecule has 1 aromatic rings. The highest BCUT2D eigenvalue weighted by Crippen LogP contribution is 2.28. The smallest absolute Gasteiger partial charge is 0.270 e. The first-order valence-corrected chi connectivity index (χ1v) is 8.29. The molecule has 0 bridgehead atoms. The van der Waals surface area contributed by atoms with E-state index < -0.39 is 0 Å². The molecule has 1 amide bonds. The minimum absolute atomic E-state index is 0.00603. The summed E-state index contributed by atoms with van der Waals surface area (Å²) in [5, 5.41) is 11.0. The number of rotatable bonds is 7. The molecule has 0 saturated carbocycles. The van der Waals surface area contributed by atoms with Crippen LogP contribution in [0.3, 0.4) is 0 Å². The third-order valence-corrected chi connectivity index (χ3v) is 4.21. The van der Waals surface area contributed by atoms with Gasteiger partial charge < -0.3 is 10.5 Å². The minimum Gasteiger partial charge on any atom is -0.491 e. The summed E-state index contributed by atoms with van der Waals surface area (Å²) in [6.45, 7) is 6.16. The maximum Gasteiger partial charge on any atom is 0.270 e. The molecule has 0 aromatic heterocycles. The molecule has 1 saturated heterocycles. The molecule has 0 atom stereocenters. The average molecular weight is 335 g/mol. The predicted octanol–water partition coefficient (Wildman–Crippen LogP) is 2.47. The van der Waals surface area contributed by atoms with Crippen molar-refractivity contribution >= 4 is 11.6 Å². The van der Waals surface area contributed by atoms with Crippen molar-refractivity contribution in [3.63, 3.8) is 0 Å². The molecule has 2 rings (SSSR count). The Labute approximate surface area is 141 Å². The van der Waals surface area contributed by atoms with Gasteiger partial charge in [0.15, 0.2) is 0 Å². The Morgan fingerprint density at radius 2 is 2.08 bits per heavy atom. The van der Waals surface area contributed by atoms with E-state index in [9.17, 15) is 14.9 Å². The molecule has 0 unspecified atom stereocenters. The van der Waals surface area contributed by atoms with Crippen molar-refractivity contribution in [2.45, 2.75) is 45.8 Å². The van der Waals surface area contributed by atoms with Crippen LogP contribution in [0, 0.1) is 16.0 Å². The second kappa shape index (κ2) is 8.10. The maximum absolute atomic E-state index is 11.0. The fraction of sp³-hybridized carbons (Fsp3) is 0.588. The van der Waals surface area contributed by atoms with Crippen LogP contribution in [0.1, 0.15) is 38.7 Å². The molecule has 0 spiro atoms. The van der Waals surface area contributed by atoms with Crippen molar-refractivity contribution < 1.29 is 14.5 Å². The Morgan fingerprint density at radius 3 is 2.62 bits per heavy atom. The molecule has 1 aromatic carbocycles. The fourth-order valence-electron chi connectivity index (χ4n) is 3.05. The topological polar surface area (TPSA) is 98.7 Å². The van der Waals surface area contributed by atoms with Gasteiger partial charge in [-0.15, -0.1) is 0 Å². The molecule has 24 heavy (non-hydrogen) atoms. The zero-order valence-corrected chi connectivity index (χ0v) is 14.2. The van der Waals surface area contributed by atoms with Crippen molar-refractivity contribution in [2.24, 2.45) is 11.7 Å². The first-order valence-electron chi connectivity index (χ1n) is 8.29. The van der Waals surface area contributed by atoms with Crippen LogP contribution >= 0.6 is 0 Å². The van der Waals surface area contributed by atoms with Gasteiger partial charge in [0.05, 0.1) is 11.0 Å². The van der Waals surface area contributed by atoms with Crippen molar-refractivity contribution in [1.29, 1.82) is 0 Å². The number of amides is 1. The molecule has 2 N–H and O–H groups in total. The fourth-order valence-corrected chi connectivity index (χ4v) is 3.05. The number of nitro benzene ring substituents is 1. The van der Waals surface area contributed by atoms with E-state index in [0.29, 0.717) is 24.6 Å². The van der Waals surface area contributed by atoms with Crippen molar-refractivity contribution in [1.82, 2.24) is 4.90 Å². The highest BCUT2D eigenvalue weighted by Gasteiger charge is 2.22. The van der Waals surface area contributed by atoms with Crippen LogP contribution in [0.25, 0.3) is 0 Å². The van der Waals surface area contributed by atoms with Crippen molar-refractivity contribution in [3.05, 3.63) is 33.9 Å². The number of ether oxygens (including phenoxy) is 1. The Kier molecular flexibility index (Phi) is 6.14. The van der Waals surface area contributed by atoms with E-state index in [1.807, 2.05) is 13.8 Å². The number of benzene rings is 1. The van der Waals surface area contributed by atoms with Gasteiger partial charge >= 0.3 is 0 Å². The molecule has 1 aliphatic rings. The van der Waals surface area contributed by atoms with E-state index in [0.717, 1.165) is 31.5 Å². The summed E-state index contributed by atoms with van der Waals surface area (Å²) in [5.41, 5.74) is 6.16. The lowest BCUT2D eigenvalue weighted by atomic mass is 9.93. The Bertz CT molecular complexity index is 595. The first-order chi connectivity index (χ1) is 11.3.